The first-order chi connectivity index (χ1) is 7.58. The van der Waals surface area contributed by atoms with E-state index in [0.717, 1.165) is 5.56 Å². The highest BCUT2D eigenvalue weighted by Gasteiger charge is 2.32. The van der Waals surface area contributed by atoms with Crippen molar-refractivity contribution in [3.63, 3.8) is 0 Å². The number of rotatable bonds is 1. The smallest absolute Gasteiger partial charge is 0.245 e. The minimum atomic E-state index is -0.336. The number of pyridine rings is 1. The first-order valence-electron chi connectivity index (χ1n) is 5.34. The number of aromatic nitrogens is 1. The van der Waals surface area contributed by atoms with Crippen LogP contribution in [0.1, 0.15) is 24.9 Å². The number of amides is 1. The fraction of sp³-hybridized carbons (Fsp3) is 0.417. The number of hydrogen-bond donors (Lipinski definition) is 0. The van der Waals surface area contributed by atoms with Crippen LogP contribution in [0.2, 0.25) is 0 Å². The first kappa shape index (κ1) is 16.9. The zero-order valence-corrected chi connectivity index (χ0v) is 11.8. The van der Waals surface area contributed by atoms with Gasteiger partial charge in [0.25, 0.3) is 0 Å². The summed E-state index contributed by atoms with van der Waals surface area (Å²) in [6, 6.07) is 3.53. The Morgan fingerprint density at radius 1 is 1.44 bits per heavy atom. The zero-order valence-electron chi connectivity index (χ0n) is 10.2. The summed E-state index contributed by atoms with van der Waals surface area (Å²) in [6.45, 7) is 3.88. The summed E-state index contributed by atoms with van der Waals surface area (Å²) in [5.41, 5.74) is 1.08. The van der Waals surface area contributed by atoms with E-state index in [1.54, 1.807) is 0 Å². The summed E-state index contributed by atoms with van der Waals surface area (Å²) in [6.07, 6.45) is 4.10. The fourth-order valence-electron chi connectivity index (χ4n) is 2.07. The Hall–Kier alpha value is -1.13. The summed E-state index contributed by atoms with van der Waals surface area (Å²) in [5, 5.41) is 11.7. The third-order valence-electron chi connectivity index (χ3n) is 2.81. The van der Waals surface area contributed by atoms with Crippen LogP contribution < -0.4 is 9.67 Å². The Bertz CT molecular complexity index is 463. The topological polar surface area (TPSA) is 56.4 Å². The Morgan fingerprint density at radius 3 is 2.67 bits per heavy atom. The van der Waals surface area contributed by atoms with Gasteiger partial charge in [0.05, 0.1) is 0 Å². The van der Waals surface area contributed by atoms with Crippen LogP contribution in [0, 0.1) is 12.8 Å². The number of carbonyl (C=O) groups is 1. The van der Waals surface area contributed by atoms with Crippen molar-refractivity contribution in [2.75, 3.05) is 0 Å². The molecule has 0 saturated carbocycles. The number of aryl methyl sites for hydroxylation is 1. The molecule has 2 unspecified atom stereocenters. The Morgan fingerprint density at radius 2 is 2.11 bits per heavy atom. The van der Waals surface area contributed by atoms with E-state index >= 15 is 0 Å². The van der Waals surface area contributed by atoms with E-state index in [2.05, 4.69) is 4.99 Å². The van der Waals surface area contributed by atoms with Crippen molar-refractivity contribution in [1.82, 2.24) is 0 Å². The maximum absolute atomic E-state index is 11.7. The maximum Gasteiger partial charge on any atom is 0.245 e. The van der Waals surface area contributed by atoms with Gasteiger partial charge in [-0.1, -0.05) is 6.92 Å². The van der Waals surface area contributed by atoms with Crippen LogP contribution in [-0.4, -0.2) is 11.8 Å². The third kappa shape index (κ3) is 3.43. The predicted molar refractivity (Wildman–Crippen MR) is 71.1 cm³/mol. The molecular formula is C12H16Cl2N2O2. The van der Waals surface area contributed by atoms with Crippen molar-refractivity contribution in [2.24, 2.45) is 10.9 Å². The van der Waals surface area contributed by atoms with Gasteiger partial charge >= 0.3 is 0 Å². The highest BCUT2D eigenvalue weighted by Crippen LogP contribution is 2.21. The van der Waals surface area contributed by atoms with E-state index in [1.165, 1.54) is 0 Å². The van der Waals surface area contributed by atoms with Crippen molar-refractivity contribution < 1.29 is 14.5 Å². The lowest BCUT2D eigenvalue weighted by molar-refractivity contribution is -0.719. The summed E-state index contributed by atoms with van der Waals surface area (Å²) in [7, 11) is 0. The molecule has 2 rings (SSSR count). The van der Waals surface area contributed by atoms with E-state index in [0.29, 0.717) is 6.42 Å². The van der Waals surface area contributed by atoms with E-state index in [1.807, 2.05) is 42.9 Å². The van der Waals surface area contributed by atoms with Gasteiger partial charge in [0.1, 0.15) is 0 Å². The molecule has 0 bridgehead atoms. The van der Waals surface area contributed by atoms with Crippen LogP contribution in [-0.2, 0) is 4.79 Å². The molecule has 2 atom stereocenters. The Balaban J connectivity index is 0.00000144. The van der Waals surface area contributed by atoms with Gasteiger partial charge in [-0.25, -0.2) is 4.99 Å². The van der Waals surface area contributed by atoms with Crippen LogP contribution in [0.25, 0.3) is 0 Å². The van der Waals surface area contributed by atoms with Gasteiger partial charge < -0.3 is 5.11 Å². The van der Waals surface area contributed by atoms with Gasteiger partial charge in [0.15, 0.2) is 18.4 Å². The molecule has 1 aliphatic rings. The van der Waals surface area contributed by atoms with Crippen LogP contribution in [0.4, 0.5) is 0 Å². The average molecular weight is 291 g/mol. The second-order valence-corrected chi connectivity index (χ2v) is 4.30. The largest absolute Gasteiger partial charge is 0.857 e. The van der Waals surface area contributed by atoms with E-state index < -0.39 is 0 Å². The van der Waals surface area contributed by atoms with Crippen molar-refractivity contribution in [1.29, 1.82) is 0 Å². The lowest BCUT2D eigenvalue weighted by atomic mass is 9.94. The monoisotopic (exact) mass is 290 g/mol. The lowest BCUT2D eigenvalue weighted by Gasteiger charge is -2.26. The molecule has 0 aromatic carbocycles. The number of nitrogens with zero attached hydrogens (tertiary/aromatic N) is 2. The fourth-order valence-corrected chi connectivity index (χ4v) is 2.07. The molecule has 1 amide bonds. The number of carbonyl (C=O) groups excluding carboxylic acids is 1. The minimum Gasteiger partial charge on any atom is -0.857 e. The van der Waals surface area contributed by atoms with Crippen molar-refractivity contribution in [3.05, 3.63) is 30.1 Å². The molecule has 0 N–H and O–H groups in total. The number of aliphatic imine (C=N–C) groups is 1. The van der Waals surface area contributed by atoms with E-state index in [9.17, 15) is 9.90 Å². The van der Waals surface area contributed by atoms with Gasteiger partial charge in [0, 0.05) is 29.9 Å². The summed E-state index contributed by atoms with van der Waals surface area (Å²) < 4.78 is 1.85. The molecule has 1 aliphatic heterocycles. The maximum atomic E-state index is 11.7. The molecule has 4 nitrogen and oxygen atoms in total. The molecule has 0 fully saturated rings. The van der Waals surface area contributed by atoms with Gasteiger partial charge in [-0.15, -0.1) is 24.8 Å². The molecule has 0 spiro atoms. The highest BCUT2D eigenvalue weighted by molar-refractivity contribution is 5.93. The molecule has 0 radical (unpaired) electrons. The summed E-state index contributed by atoms with van der Waals surface area (Å²) in [4.78, 5) is 14.7. The molecule has 1 aromatic heterocycles. The molecule has 1 aromatic rings. The van der Waals surface area contributed by atoms with E-state index in [-0.39, 0.29) is 48.6 Å². The van der Waals surface area contributed by atoms with Crippen molar-refractivity contribution in [3.8, 4) is 0 Å². The SMILES string of the molecule is Cc1ccc[n+](C2C([O-])=NC(=O)CC2C)c1.Cl.Cl. The predicted octanol–water partition coefficient (Wildman–Crippen LogP) is 0.992. The second-order valence-electron chi connectivity index (χ2n) is 4.30. The van der Waals surface area contributed by atoms with Crippen LogP contribution >= 0.6 is 24.8 Å². The van der Waals surface area contributed by atoms with Gasteiger partial charge in [0.2, 0.25) is 5.91 Å². The van der Waals surface area contributed by atoms with Gasteiger partial charge in [-0.3, -0.25) is 4.79 Å². The van der Waals surface area contributed by atoms with Crippen LogP contribution in [0.15, 0.2) is 29.5 Å². The first-order valence-corrected chi connectivity index (χ1v) is 5.34. The summed E-state index contributed by atoms with van der Waals surface area (Å²) in [5.74, 6) is -0.634. The van der Waals surface area contributed by atoms with Crippen LogP contribution in [0.5, 0.6) is 0 Å². The Kier molecular flexibility index (Phi) is 6.29. The average Bonchev–Trinajstić information content (AvgIpc) is 2.15. The van der Waals surface area contributed by atoms with Gasteiger partial charge in [-0.2, -0.15) is 4.57 Å². The molecular weight excluding hydrogens is 275 g/mol. The highest BCUT2D eigenvalue weighted by atomic mass is 35.5. The van der Waals surface area contributed by atoms with Gasteiger partial charge in [-0.05, 0) is 13.0 Å². The van der Waals surface area contributed by atoms with Crippen LogP contribution in [0.3, 0.4) is 0 Å². The second kappa shape index (κ2) is 6.71. The summed E-state index contributed by atoms with van der Waals surface area (Å²) >= 11 is 0. The quantitative estimate of drug-likeness (QED) is 0.725. The van der Waals surface area contributed by atoms with Crippen molar-refractivity contribution >= 4 is 36.6 Å². The molecule has 0 aliphatic carbocycles. The zero-order chi connectivity index (χ0) is 11.7. The molecule has 100 valence electrons. The Labute approximate surface area is 119 Å². The molecule has 6 heteroatoms. The number of halogens is 2. The van der Waals surface area contributed by atoms with E-state index in [4.69, 9.17) is 0 Å². The third-order valence-corrected chi connectivity index (χ3v) is 2.81. The normalized spacial score (nSPS) is 22.6. The molecule has 0 saturated heterocycles. The van der Waals surface area contributed by atoms with Crippen molar-refractivity contribution in [2.45, 2.75) is 26.3 Å². The molecule has 2 heterocycles. The molecule has 18 heavy (non-hydrogen) atoms. The number of hydrogen-bond acceptors (Lipinski definition) is 2. The standard InChI is InChI=1S/C12H14N2O2.2ClH/c1-8-4-3-5-14(7-8)11-9(2)6-10(15)13-12(11)16;;/h3-5,7,9,11H,6H2,1-2H3;2*1H. The lowest BCUT2D eigenvalue weighted by Crippen LogP contribution is -2.53. The minimum absolute atomic E-state index is 0.